The van der Waals surface area contributed by atoms with Crippen LogP contribution in [0.4, 0.5) is 10.3 Å². The number of likely N-dealkylation sites (tertiary alicyclic amines) is 1. The molecular weight excluding hydrogens is 279 g/mol. The van der Waals surface area contributed by atoms with Gasteiger partial charge in [-0.3, -0.25) is 0 Å². The van der Waals surface area contributed by atoms with Crippen LogP contribution < -0.4 is 5.32 Å². The van der Waals surface area contributed by atoms with E-state index in [9.17, 15) is 4.39 Å². The van der Waals surface area contributed by atoms with Crippen molar-refractivity contribution in [1.29, 1.82) is 0 Å². The molecule has 22 heavy (non-hydrogen) atoms. The summed E-state index contributed by atoms with van der Waals surface area (Å²) in [5.41, 5.74) is 1.81. The molecule has 1 aliphatic heterocycles. The molecule has 0 bridgehead atoms. The van der Waals surface area contributed by atoms with Gasteiger partial charge < -0.3 is 10.2 Å². The molecule has 3 rings (SSSR count). The van der Waals surface area contributed by atoms with E-state index in [0.29, 0.717) is 12.0 Å². The first-order valence-corrected chi connectivity index (χ1v) is 7.74. The monoisotopic (exact) mass is 300 g/mol. The van der Waals surface area contributed by atoms with Gasteiger partial charge in [-0.25, -0.2) is 14.4 Å². The summed E-state index contributed by atoms with van der Waals surface area (Å²) in [5, 5.41) is 3.31. The van der Waals surface area contributed by atoms with Crippen molar-refractivity contribution in [3.8, 4) is 11.1 Å². The zero-order valence-corrected chi connectivity index (χ0v) is 12.8. The highest BCUT2D eigenvalue weighted by Gasteiger charge is 2.18. The standard InChI is InChI=1S/C17H21FN4/c1-22-9-3-2-4-16(22)12-21-17-19-10-14(11-20-17)13-5-7-15(18)8-6-13/h5-8,10-11,16H,2-4,9,12H2,1H3,(H,19,20,21). The van der Waals surface area contributed by atoms with Crippen molar-refractivity contribution in [2.45, 2.75) is 25.3 Å². The highest BCUT2D eigenvalue weighted by atomic mass is 19.1. The molecule has 0 saturated carbocycles. The van der Waals surface area contributed by atoms with Crippen molar-refractivity contribution in [2.75, 3.05) is 25.5 Å². The molecule has 1 unspecified atom stereocenters. The Balaban J connectivity index is 1.60. The summed E-state index contributed by atoms with van der Waals surface area (Å²) in [4.78, 5) is 11.1. The lowest BCUT2D eigenvalue weighted by Crippen LogP contribution is -2.40. The minimum absolute atomic E-state index is 0.237. The summed E-state index contributed by atoms with van der Waals surface area (Å²) in [6.45, 7) is 2.03. The second-order valence-corrected chi connectivity index (χ2v) is 5.81. The fourth-order valence-electron chi connectivity index (χ4n) is 2.82. The number of likely N-dealkylation sites (N-methyl/N-ethyl adjacent to an activating group) is 1. The summed E-state index contributed by atoms with van der Waals surface area (Å²) in [6, 6.07) is 6.91. The molecule has 0 aliphatic carbocycles. The molecule has 0 radical (unpaired) electrons. The molecule has 1 N–H and O–H groups in total. The molecule has 0 amide bonds. The Bertz CT molecular complexity index is 597. The van der Waals surface area contributed by atoms with Gasteiger partial charge in [0, 0.05) is 30.5 Å². The van der Waals surface area contributed by atoms with Gasteiger partial charge in [0.15, 0.2) is 0 Å². The predicted octanol–water partition coefficient (Wildman–Crippen LogP) is 3.18. The molecule has 1 fully saturated rings. The summed E-state index contributed by atoms with van der Waals surface area (Å²) in [5.74, 6) is 0.407. The van der Waals surface area contributed by atoms with Crippen LogP contribution in [0.5, 0.6) is 0 Å². The van der Waals surface area contributed by atoms with Crippen molar-refractivity contribution in [2.24, 2.45) is 0 Å². The van der Waals surface area contributed by atoms with E-state index in [4.69, 9.17) is 0 Å². The van der Waals surface area contributed by atoms with Crippen LogP contribution in [0.3, 0.4) is 0 Å². The quantitative estimate of drug-likeness (QED) is 0.941. The summed E-state index contributed by atoms with van der Waals surface area (Å²) >= 11 is 0. The molecule has 116 valence electrons. The SMILES string of the molecule is CN1CCCCC1CNc1ncc(-c2ccc(F)cc2)cn1. The first kappa shape index (κ1) is 14.9. The van der Waals surface area contributed by atoms with E-state index in [0.717, 1.165) is 24.2 Å². The molecule has 1 aromatic heterocycles. The smallest absolute Gasteiger partial charge is 0.222 e. The van der Waals surface area contributed by atoms with Crippen LogP contribution in [0.1, 0.15) is 19.3 Å². The van der Waals surface area contributed by atoms with E-state index in [2.05, 4.69) is 27.2 Å². The average Bonchev–Trinajstić information content (AvgIpc) is 2.55. The molecule has 2 aromatic rings. The van der Waals surface area contributed by atoms with Crippen LogP contribution >= 0.6 is 0 Å². The van der Waals surface area contributed by atoms with Crippen LogP contribution in [0.2, 0.25) is 0 Å². The number of aromatic nitrogens is 2. The van der Waals surface area contributed by atoms with Gasteiger partial charge in [0.05, 0.1) is 0 Å². The molecule has 1 atom stereocenters. The number of piperidine rings is 1. The van der Waals surface area contributed by atoms with E-state index in [1.165, 1.54) is 31.4 Å². The number of nitrogens with one attached hydrogen (secondary N) is 1. The summed E-state index contributed by atoms with van der Waals surface area (Å²) in [6.07, 6.45) is 7.34. The van der Waals surface area contributed by atoms with Crippen LogP contribution in [0.15, 0.2) is 36.7 Å². The first-order valence-electron chi connectivity index (χ1n) is 7.74. The Morgan fingerprint density at radius 2 is 1.86 bits per heavy atom. The van der Waals surface area contributed by atoms with Gasteiger partial charge >= 0.3 is 0 Å². The van der Waals surface area contributed by atoms with Gasteiger partial charge in [-0.15, -0.1) is 0 Å². The van der Waals surface area contributed by atoms with E-state index in [1.807, 2.05) is 0 Å². The maximum atomic E-state index is 12.9. The van der Waals surface area contributed by atoms with E-state index >= 15 is 0 Å². The molecule has 0 spiro atoms. The number of benzene rings is 1. The topological polar surface area (TPSA) is 41.0 Å². The summed E-state index contributed by atoms with van der Waals surface area (Å²) in [7, 11) is 2.17. The highest BCUT2D eigenvalue weighted by molar-refractivity contribution is 5.61. The van der Waals surface area contributed by atoms with Gasteiger partial charge in [-0.2, -0.15) is 0 Å². The minimum Gasteiger partial charge on any atom is -0.353 e. The van der Waals surface area contributed by atoms with Crippen LogP contribution in [-0.2, 0) is 0 Å². The maximum absolute atomic E-state index is 12.9. The van der Waals surface area contributed by atoms with Crippen LogP contribution in [-0.4, -0.2) is 41.0 Å². The Morgan fingerprint density at radius 1 is 1.14 bits per heavy atom. The first-order chi connectivity index (χ1) is 10.7. The Kier molecular flexibility index (Phi) is 4.63. The third-order valence-corrected chi connectivity index (χ3v) is 4.25. The van der Waals surface area contributed by atoms with E-state index < -0.39 is 0 Å². The number of hydrogen-bond acceptors (Lipinski definition) is 4. The third-order valence-electron chi connectivity index (χ3n) is 4.25. The highest BCUT2D eigenvalue weighted by Crippen LogP contribution is 2.19. The molecule has 1 aliphatic rings. The number of halogens is 1. The van der Waals surface area contributed by atoms with Crippen molar-refractivity contribution < 1.29 is 4.39 Å². The van der Waals surface area contributed by atoms with Crippen LogP contribution in [0, 0.1) is 5.82 Å². The molecule has 1 aromatic carbocycles. The Morgan fingerprint density at radius 3 is 2.55 bits per heavy atom. The van der Waals surface area contributed by atoms with Gasteiger partial charge in [0.2, 0.25) is 5.95 Å². The predicted molar refractivity (Wildman–Crippen MR) is 86.2 cm³/mol. The fraction of sp³-hybridized carbons (Fsp3) is 0.412. The van der Waals surface area contributed by atoms with Gasteiger partial charge in [-0.1, -0.05) is 18.6 Å². The number of rotatable bonds is 4. The third kappa shape index (κ3) is 3.60. The van der Waals surface area contributed by atoms with E-state index in [1.54, 1.807) is 24.5 Å². The molecular formula is C17H21FN4. The zero-order valence-electron chi connectivity index (χ0n) is 12.8. The number of nitrogens with zero attached hydrogens (tertiary/aromatic N) is 3. The Hall–Kier alpha value is -2.01. The zero-order chi connectivity index (χ0) is 15.4. The minimum atomic E-state index is -0.237. The average molecular weight is 300 g/mol. The van der Waals surface area contributed by atoms with Crippen molar-refractivity contribution in [1.82, 2.24) is 14.9 Å². The maximum Gasteiger partial charge on any atom is 0.222 e. The second kappa shape index (κ2) is 6.83. The van der Waals surface area contributed by atoms with Crippen molar-refractivity contribution in [3.63, 3.8) is 0 Å². The van der Waals surface area contributed by atoms with Crippen molar-refractivity contribution in [3.05, 3.63) is 42.5 Å². The lowest BCUT2D eigenvalue weighted by atomic mass is 10.0. The fourth-order valence-corrected chi connectivity index (χ4v) is 2.82. The number of hydrogen-bond donors (Lipinski definition) is 1. The molecule has 5 heteroatoms. The normalized spacial score (nSPS) is 19.1. The van der Waals surface area contributed by atoms with Gasteiger partial charge in [-0.05, 0) is 44.1 Å². The molecule has 1 saturated heterocycles. The van der Waals surface area contributed by atoms with Crippen molar-refractivity contribution >= 4 is 5.95 Å². The lowest BCUT2D eigenvalue weighted by molar-refractivity contribution is 0.194. The Labute approximate surface area is 130 Å². The number of anilines is 1. The van der Waals surface area contributed by atoms with Gasteiger partial charge in [0.25, 0.3) is 0 Å². The summed E-state index contributed by atoms with van der Waals surface area (Å²) < 4.78 is 12.9. The van der Waals surface area contributed by atoms with Gasteiger partial charge in [0.1, 0.15) is 5.82 Å². The van der Waals surface area contributed by atoms with Crippen LogP contribution in [0.25, 0.3) is 11.1 Å². The van der Waals surface area contributed by atoms with E-state index in [-0.39, 0.29) is 5.82 Å². The molecule has 2 heterocycles. The largest absolute Gasteiger partial charge is 0.353 e. The molecule has 4 nitrogen and oxygen atoms in total. The second-order valence-electron chi connectivity index (χ2n) is 5.81. The lowest BCUT2D eigenvalue weighted by Gasteiger charge is -2.32.